The Labute approximate surface area is 94.2 Å². The number of hydrogen-bond acceptors (Lipinski definition) is 6. The predicted molar refractivity (Wildman–Crippen MR) is 62.8 cm³/mol. The molecular weight excluding hydrogens is 206 g/mol. The summed E-state index contributed by atoms with van der Waals surface area (Å²) in [6.45, 7) is 0. The fraction of sp³-hybridized carbons (Fsp3) is 0.600. The lowest BCUT2D eigenvalue weighted by molar-refractivity contribution is 0.150. The average Bonchev–Trinajstić information content (AvgIpc) is 2.27. The van der Waals surface area contributed by atoms with Crippen molar-refractivity contribution in [1.82, 2.24) is 9.97 Å². The van der Waals surface area contributed by atoms with Gasteiger partial charge in [-0.25, -0.2) is 0 Å². The Bertz CT molecular complexity index is 376. The predicted octanol–water partition coefficient (Wildman–Crippen LogP) is 0.935. The zero-order chi connectivity index (χ0) is 11.5. The first-order valence-corrected chi connectivity index (χ1v) is 5.52. The fourth-order valence-corrected chi connectivity index (χ4v) is 1.91. The minimum absolute atomic E-state index is 0.0949. The van der Waals surface area contributed by atoms with Crippen molar-refractivity contribution in [2.24, 2.45) is 0 Å². The second-order valence-corrected chi connectivity index (χ2v) is 4.06. The van der Waals surface area contributed by atoms with E-state index >= 15 is 0 Å². The summed E-state index contributed by atoms with van der Waals surface area (Å²) in [7, 11) is 0. The molecule has 1 saturated carbocycles. The van der Waals surface area contributed by atoms with E-state index in [0.29, 0.717) is 5.88 Å². The second-order valence-electron chi connectivity index (χ2n) is 4.06. The average molecular weight is 223 g/mol. The Hall–Kier alpha value is -1.72. The Morgan fingerprint density at radius 1 is 1.00 bits per heavy atom. The molecule has 6 N–H and O–H groups in total. The molecule has 1 aromatic rings. The van der Waals surface area contributed by atoms with Gasteiger partial charge in [-0.15, -0.1) is 0 Å². The van der Waals surface area contributed by atoms with Crippen molar-refractivity contribution in [2.75, 3.05) is 17.2 Å². The van der Waals surface area contributed by atoms with Crippen LogP contribution in [0, 0.1) is 0 Å². The first-order valence-electron chi connectivity index (χ1n) is 5.52. The third kappa shape index (κ3) is 2.26. The van der Waals surface area contributed by atoms with Crippen LogP contribution in [0.2, 0.25) is 0 Å². The highest BCUT2D eigenvalue weighted by Gasteiger charge is 2.18. The van der Waals surface area contributed by atoms with Crippen molar-refractivity contribution in [3.05, 3.63) is 0 Å². The summed E-state index contributed by atoms with van der Waals surface area (Å²) in [5, 5.41) is 0. The van der Waals surface area contributed by atoms with Gasteiger partial charge in [-0.2, -0.15) is 9.97 Å². The minimum atomic E-state index is 0.0949. The van der Waals surface area contributed by atoms with Crippen molar-refractivity contribution >= 4 is 17.5 Å². The third-order valence-electron chi connectivity index (χ3n) is 2.79. The lowest BCUT2D eigenvalue weighted by Gasteiger charge is -2.23. The van der Waals surface area contributed by atoms with Crippen LogP contribution in [0.1, 0.15) is 32.1 Å². The molecule has 0 amide bonds. The molecule has 1 fully saturated rings. The van der Waals surface area contributed by atoms with E-state index in [-0.39, 0.29) is 23.6 Å². The molecule has 0 aliphatic heterocycles. The SMILES string of the molecule is Nc1nc(N)c(N)c(OC2CCCCC2)n1. The van der Waals surface area contributed by atoms with Crippen LogP contribution in [0.25, 0.3) is 0 Å². The molecule has 16 heavy (non-hydrogen) atoms. The molecule has 1 heterocycles. The van der Waals surface area contributed by atoms with Crippen LogP contribution in [0.5, 0.6) is 5.88 Å². The largest absolute Gasteiger partial charge is 0.473 e. The molecule has 0 atom stereocenters. The summed E-state index contributed by atoms with van der Waals surface area (Å²) in [6.07, 6.45) is 5.86. The number of aromatic nitrogens is 2. The second kappa shape index (κ2) is 4.42. The van der Waals surface area contributed by atoms with Gasteiger partial charge in [0.1, 0.15) is 11.8 Å². The molecule has 1 aliphatic rings. The van der Waals surface area contributed by atoms with Crippen LogP contribution < -0.4 is 21.9 Å². The van der Waals surface area contributed by atoms with Gasteiger partial charge in [0, 0.05) is 0 Å². The van der Waals surface area contributed by atoms with Gasteiger partial charge < -0.3 is 21.9 Å². The molecule has 0 spiro atoms. The number of rotatable bonds is 2. The summed E-state index contributed by atoms with van der Waals surface area (Å²) < 4.78 is 5.71. The van der Waals surface area contributed by atoms with Gasteiger partial charge in [0.25, 0.3) is 0 Å². The topological polar surface area (TPSA) is 113 Å². The minimum Gasteiger partial charge on any atom is -0.473 e. The number of hydrogen-bond donors (Lipinski definition) is 3. The van der Waals surface area contributed by atoms with Crippen molar-refractivity contribution < 1.29 is 4.74 Å². The molecule has 0 saturated heterocycles. The summed E-state index contributed by atoms with van der Waals surface area (Å²) >= 11 is 0. The first kappa shape index (κ1) is 10.8. The fourth-order valence-electron chi connectivity index (χ4n) is 1.91. The van der Waals surface area contributed by atoms with Crippen LogP contribution in [0.3, 0.4) is 0 Å². The number of nitrogen functional groups attached to an aromatic ring is 3. The molecule has 0 bridgehead atoms. The molecular formula is C10H17N5O. The van der Waals surface area contributed by atoms with Gasteiger partial charge in [-0.1, -0.05) is 6.42 Å². The number of ether oxygens (including phenoxy) is 1. The van der Waals surface area contributed by atoms with E-state index in [2.05, 4.69) is 9.97 Å². The molecule has 2 rings (SSSR count). The van der Waals surface area contributed by atoms with Crippen molar-refractivity contribution in [3.63, 3.8) is 0 Å². The molecule has 88 valence electrons. The van der Waals surface area contributed by atoms with Gasteiger partial charge in [-0.05, 0) is 25.7 Å². The van der Waals surface area contributed by atoms with Crippen LogP contribution in [-0.4, -0.2) is 16.1 Å². The smallest absolute Gasteiger partial charge is 0.244 e. The van der Waals surface area contributed by atoms with Crippen LogP contribution in [-0.2, 0) is 0 Å². The summed E-state index contributed by atoms with van der Waals surface area (Å²) in [5.41, 5.74) is 17.1. The van der Waals surface area contributed by atoms with Gasteiger partial charge in [-0.3, -0.25) is 0 Å². The zero-order valence-electron chi connectivity index (χ0n) is 9.15. The van der Waals surface area contributed by atoms with Gasteiger partial charge in [0.2, 0.25) is 11.8 Å². The zero-order valence-corrected chi connectivity index (χ0v) is 9.15. The highest BCUT2D eigenvalue weighted by Crippen LogP contribution is 2.28. The molecule has 0 radical (unpaired) electrons. The van der Waals surface area contributed by atoms with E-state index in [0.717, 1.165) is 12.8 Å². The lowest BCUT2D eigenvalue weighted by atomic mass is 9.98. The number of nitrogens with zero attached hydrogens (tertiary/aromatic N) is 2. The summed E-state index contributed by atoms with van der Waals surface area (Å²) in [6, 6.07) is 0. The van der Waals surface area contributed by atoms with Crippen molar-refractivity contribution in [3.8, 4) is 5.88 Å². The van der Waals surface area contributed by atoms with E-state index in [4.69, 9.17) is 21.9 Å². The van der Waals surface area contributed by atoms with Crippen LogP contribution in [0.4, 0.5) is 17.5 Å². The van der Waals surface area contributed by atoms with Crippen molar-refractivity contribution in [1.29, 1.82) is 0 Å². The van der Waals surface area contributed by atoms with E-state index in [1.54, 1.807) is 0 Å². The third-order valence-corrected chi connectivity index (χ3v) is 2.79. The maximum absolute atomic E-state index is 5.74. The van der Waals surface area contributed by atoms with E-state index < -0.39 is 0 Å². The van der Waals surface area contributed by atoms with Gasteiger partial charge >= 0.3 is 0 Å². The summed E-state index contributed by atoms with van der Waals surface area (Å²) in [4.78, 5) is 7.73. The molecule has 1 aliphatic carbocycles. The molecule has 1 aromatic heterocycles. The highest BCUT2D eigenvalue weighted by molar-refractivity contribution is 5.65. The number of anilines is 3. The molecule has 6 heteroatoms. The van der Waals surface area contributed by atoms with Gasteiger partial charge in [0.15, 0.2) is 5.82 Å². The highest BCUT2D eigenvalue weighted by atomic mass is 16.5. The Morgan fingerprint density at radius 3 is 2.38 bits per heavy atom. The summed E-state index contributed by atoms with van der Waals surface area (Å²) in [5.74, 6) is 0.590. The number of nitrogens with two attached hydrogens (primary N) is 3. The Kier molecular flexibility index (Phi) is 2.98. The Balaban J connectivity index is 2.13. The maximum Gasteiger partial charge on any atom is 0.244 e. The quantitative estimate of drug-likeness (QED) is 0.687. The lowest BCUT2D eigenvalue weighted by Crippen LogP contribution is -2.21. The van der Waals surface area contributed by atoms with Crippen LogP contribution >= 0.6 is 0 Å². The maximum atomic E-state index is 5.74. The van der Waals surface area contributed by atoms with E-state index in [1.807, 2.05) is 0 Å². The monoisotopic (exact) mass is 223 g/mol. The molecule has 0 unspecified atom stereocenters. The van der Waals surface area contributed by atoms with E-state index in [9.17, 15) is 0 Å². The van der Waals surface area contributed by atoms with Gasteiger partial charge in [0.05, 0.1) is 0 Å². The Morgan fingerprint density at radius 2 is 1.69 bits per heavy atom. The standard InChI is InChI=1S/C10H17N5O/c11-7-8(12)14-10(13)15-9(7)16-6-4-2-1-3-5-6/h6H,1-5,11H2,(H4,12,13,14,15). The first-order chi connectivity index (χ1) is 7.66. The molecule has 0 aromatic carbocycles. The van der Waals surface area contributed by atoms with Crippen molar-refractivity contribution in [2.45, 2.75) is 38.2 Å². The van der Waals surface area contributed by atoms with Crippen LogP contribution in [0.15, 0.2) is 0 Å². The van der Waals surface area contributed by atoms with E-state index in [1.165, 1.54) is 19.3 Å². The normalized spacial score (nSPS) is 17.2. The molecule has 6 nitrogen and oxygen atoms in total.